The van der Waals surface area contributed by atoms with E-state index in [0.717, 1.165) is 35.5 Å². The van der Waals surface area contributed by atoms with E-state index < -0.39 is 17.7 Å². The van der Waals surface area contributed by atoms with E-state index in [4.69, 9.17) is 4.74 Å². The van der Waals surface area contributed by atoms with Crippen molar-refractivity contribution in [3.63, 3.8) is 0 Å². The highest BCUT2D eigenvalue weighted by molar-refractivity contribution is 7.16. The van der Waals surface area contributed by atoms with Crippen molar-refractivity contribution in [2.45, 2.75) is 25.6 Å². The Balaban J connectivity index is 1.48. The van der Waals surface area contributed by atoms with Crippen LogP contribution in [0.3, 0.4) is 0 Å². The van der Waals surface area contributed by atoms with Gasteiger partial charge < -0.3 is 25.8 Å². The van der Waals surface area contributed by atoms with Crippen LogP contribution < -0.4 is 16.0 Å². The first-order chi connectivity index (χ1) is 16.8. The minimum Gasteiger partial charge on any atom is -0.387 e. The van der Waals surface area contributed by atoms with Crippen molar-refractivity contribution in [3.8, 4) is 0 Å². The van der Waals surface area contributed by atoms with Crippen molar-refractivity contribution < 1.29 is 19.0 Å². The molecular formula is C24H31FN6O3S. The number of alkyl halides is 1. The number of thiazole rings is 1. The van der Waals surface area contributed by atoms with Gasteiger partial charge in [-0.15, -0.1) is 11.3 Å². The smallest absolute Gasteiger partial charge is 0.255 e. The van der Waals surface area contributed by atoms with E-state index >= 15 is 0 Å². The molecule has 0 aliphatic carbocycles. The van der Waals surface area contributed by atoms with Crippen molar-refractivity contribution in [2.24, 2.45) is 0 Å². The number of rotatable bonds is 10. The van der Waals surface area contributed by atoms with Crippen LogP contribution in [0, 0.1) is 0 Å². The Morgan fingerprint density at radius 3 is 2.86 bits per heavy atom. The van der Waals surface area contributed by atoms with Gasteiger partial charge in [-0.25, -0.2) is 14.4 Å². The molecule has 1 aliphatic heterocycles. The van der Waals surface area contributed by atoms with Crippen LogP contribution >= 0.6 is 11.3 Å². The lowest BCUT2D eigenvalue weighted by Crippen LogP contribution is -2.42. The van der Waals surface area contributed by atoms with E-state index in [-0.39, 0.29) is 6.54 Å². The van der Waals surface area contributed by atoms with Gasteiger partial charge >= 0.3 is 0 Å². The predicted octanol–water partition coefficient (Wildman–Crippen LogP) is 3.02. The van der Waals surface area contributed by atoms with Crippen LogP contribution in [-0.4, -0.2) is 83.6 Å². The van der Waals surface area contributed by atoms with Gasteiger partial charge in [-0.05, 0) is 32.0 Å². The SMILES string of the molecule is CC(C)(O)C(F)CNC(=O)c1cnc(Nc2ccc3ncsc3c2)cc1NCCN1CCOCC1. The zero-order valence-corrected chi connectivity index (χ0v) is 20.7. The summed E-state index contributed by atoms with van der Waals surface area (Å²) in [6.07, 6.45) is -0.128. The summed E-state index contributed by atoms with van der Waals surface area (Å²) in [5, 5.41) is 19.0. The topological polar surface area (TPSA) is 112 Å². The van der Waals surface area contributed by atoms with Gasteiger partial charge in [0, 0.05) is 44.1 Å². The summed E-state index contributed by atoms with van der Waals surface area (Å²) in [7, 11) is 0. The zero-order chi connectivity index (χ0) is 24.8. The van der Waals surface area contributed by atoms with Gasteiger partial charge in [-0.3, -0.25) is 9.69 Å². The first-order valence-electron chi connectivity index (χ1n) is 11.6. The maximum atomic E-state index is 14.2. The summed E-state index contributed by atoms with van der Waals surface area (Å²) in [5.74, 6) is 0.107. The molecule has 0 spiro atoms. The minimum absolute atomic E-state index is 0.301. The summed E-state index contributed by atoms with van der Waals surface area (Å²) >= 11 is 1.56. The molecule has 1 atom stereocenters. The molecule has 0 saturated carbocycles. The number of carbonyl (C=O) groups is 1. The monoisotopic (exact) mass is 502 g/mol. The maximum absolute atomic E-state index is 14.2. The quantitative estimate of drug-likeness (QED) is 0.335. The number of anilines is 3. The van der Waals surface area contributed by atoms with Crippen molar-refractivity contribution >= 4 is 44.7 Å². The van der Waals surface area contributed by atoms with Crippen LogP contribution in [0.25, 0.3) is 10.2 Å². The number of morpholine rings is 1. The summed E-state index contributed by atoms with van der Waals surface area (Å²) < 4.78 is 20.6. The van der Waals surface area contributed by atoms with E-state index in [2.05, 4.69) is 30.8 Å². The number of fused-ring (bicyclic) bond motifs is 1. The summed E-state index contributed by atoms with van der Waals surface area (Å²) in [6, 6.07) is 7.63. The fourth-order valence-corrected chi connectivity index (χ4v) is 4.35. The molecule has 1 fully saturated rings. The predicted molar refractivity (Wildman–Crippen MR) is 136 cm³/mol. The summed E-state index contributed by atoms with van der Waals surface area (Å²) in [5.41, 5.74) is 2.94. The van der Waals surface area contributed by atoms with Gasteiger partial charge in [-0.2, -0.15) is 0 Å². The Bertz CT molecular complexity index is 1150. The first kappa shape index (κ1) is 25.2. The highest BCUT2D eigenvalue weighted by Crippen LogP contribution is 2.26. The molecule has 1 unspecified atom stereocenters. The largest absolute Gasteiger partial charge is 0.387 e. The molecule has 1 amide bonds. The highest BCUT2D eigenvalue weighted by Gasteiger charge is 2.27. The van der Waals surface area contributed by atoms with Crippen molar-refractivity contribution in [1.29, 1.82) is 0 Å². The van der Waals surface area contributed by atoms with Crippen molar-refractivity contribution in [2.75, 3.05) is 56.6 Å². The molecule has 3 heterocycles. The molecule has 1 saturated heterocycles. The Labute approximate surface area is 207 Å². The van der Waals surface area contributed by atoms with E-state index in [1.165, 1.54) is 20.0 Å². The number of hydrogen-bond acceptors (Lipinski definition) is 9. The number of aromatic nitrogens is 2. The Kier molecular flexibility index (Phi) is 8.11. The van der Waals surface area contributed by atoms with E-state index in [1.807, 2.05) is 18.2 Å². The fraction of sp³-hybridized carbons (Fsp3) is 0.458. The minimum atomic E-state index is -1.60. The number of ether oxygens (including phenoxy) is 1. The number of aliphatic hydroxyl groups is 1. The van der Waals surface area contributed by atoms with Crippen LogP contribution in [0.1, 0.15) is 24.2 Å². The molecule has 0 radical (unpaired) electrons. The molecule has 188 valence electrons. The molecule has 4 rings (SSSR count). The van der Waals surface area contributed by atoms with E-state index in [9.17, 15) is 14.3 Å². The molecule has 4 N–H and O–H groups in total. The summed E-state index contributed by atoms with van der Waals surface area (Å²) in [6.45, 7) is 7.01. The normalized spacial score (nSPS) is 15.7. The van der Waals surface area contributed by atoms with Gasteiger partial charge in [0.2, 0.25) is 0 Å². The average molecular weight is 503 g/mol. The lowest BCUT2D eigenvalue weighted by Gasteiger charge is -2.27. The van der Waals surface area contributed by atoms with Crippen LogP contribution in [0.5, 0.6) is 0 Å². The first-order valence-corrected chi connectivity index (χ1v) is 12.5. The van der Waals surface area contributed by atoms with Crippen LogP contribution in [0.2, 0.25) is 0 Å². The maximum Gasteiger partial charge on any atom is 0.255 e. The number of hydrogen-bond donors (Lipinski definition) is 4. The van der Waals surface area contributed by atoms with Crippen LogP contribution in [-0.2, 0) is 4.74 Å². The Morgan fingerprint density at radius 1 is 1.29 bits per heavy atom. The second-order valence-electron chi connectivity index (χ2n) is 8.99. The van der Waals surface area contributed by atoms with Gasteiger partial charge in [0.25, 0.3) is 5.91 Å². The van der Waals surface area contributed by atoms with Gasteiger partial charge in [0.1, 0.15) is 12.0 Å². The van der Waals surface area contributed by atoms with E-state index in [1.54, 1.807) is 22.9 Å². The lowest BCUT2D eigenvalue weighted by molar-refractivity contribution is -0.00177. The van der Waals surface area contributed by atoms with E-state index in [0.29, 0.717) is 36.8 Å². The number of benzene rings is 1. The summed E-state index contributed by atoms with van der Waals surface area (Å²) in [4.78, 5) is 23.8. The van der Waals surface area contributed by atoms with Gasteiger partial charge in [-0.1, -0.05) is 0 Å². The van der Waals surface area contributed by atoms with Gasteiger partial charge in [0.15, 0.2) is 0 Å². The fourth-order valence-electron chi connectivity index (χ4n) is 3.63. The van der Waals surface area contributed by atoms with Crippen molar-refractivity contribution in [3.05, 3.63) is 41.5 Å². The molecular weight excluding hydrogens is 471 g/mol. The van der Waals surface area contributed by atoms with Gasteiger partial charge in [0.05, 0.1) is 52.3 Å². The molecule has 9 nitrogen and oxygen atoms in total. The number of nitrogens with zero attached hydrogens (tertiary/aromatic N) is 3. The second-order valence-corrected chi connectivity index (χ2v) is 9.87. The lowest BCUT2D eigenvalue weighted by atomic mass is 10.0. The molecule has 2 aromatic heterocycles. The molecule has 11 heteroatoms. The third kappa shape index (κ3) is 6.85. The molecule has 3 aromatic rings. The van der Waals surface area contributed by atoms with Crippen molar-refractivity contribution in [1.82, 2.24) is 20.2 Å². The number of nitrogens with one attached hydrogen (secondary N) is 3. The number of halogens is 1. The second kappa shape index (κ2) is 11.3. The molecule has 1 aromatic carbocycles. The van der Waals surface area contributed by atoms with Crippen LogP contribution in [0.15, 0.2) is 36.0 Å². The Morgan fingerprint density at radius 2 is 2.09 bits per heavy atom. The third-order valence-electron chi connectivity index (χ3n) is 5.81. The standard InChI is InChI=1S/C24H31FN6O3S/c1-24(2,33)21(25)14-28-23(32)17-13-27-22(30-16-3-4-18-20(11-16)35-15-29-18)12-19(17)26-5-6-31-7-9-34-10-8-31/h3-4,11-13,15,21,33H,5-10,14H2,1-2H3,(H,28,32)(H2,26,27,30). The number of carbonyl (C=O) groups excluding carboxylic acids is 1. The average Bonchev–Trinajstić information content (AvgIpc) is 3.30. The zero-order valence-electron chi connectivity index (χ0n) is 19.9. The number of pyridine rings is 1. The third-order valence-corrected chi connectivity index (χ3v) is 6.60. The highest BCUT2D eigenvalue weighted by atomic mass is 32.1. The molecule has 1 aliphatic rings. The molecule has 35 heavy (non-hydrogen) atoms. The number of amides is 1. The van der Waals surface area contributed by atoms with Crippen LogP contribution in [0.4, 0.5) is 21.6 Å². The Hall–Kier alpha value is -2.86. The molecule has 0 bridgehead atoms.